The number of hydrogen-bond acceptors (Lipinski definition) is 3. The molecule has 2 atom stereocenters. The highest BCUT2D eigenvalue weighted by atomic mass is 16.2. The van der Waals surface area contributed by atoms with Gasteiger partial charge in [0.25, 0.3) is 0 Å². The third-order valence-corrected chi connectivity index (χ3v) is 4.92. The molecule has 2 fully saturated rings. The van der Waals surface area contributed by atoms with E-state index in [0.717, 1.165) is 25.7 Å². The molecule has 2 unspecified atom stereocenters. The zero-order valence-electron chi connectivity index (χ0n) is 13.4. The first-order chi connectivity index (χ1) is 11.1. The number of carbonyl (C=O) groups is 3. The summed E-state index contributed by atoms with van der Waals surface area (Å²) in [6.07, 6.45) is 3.63. The second-order valence-corrected chi connectivity index (χ2v) is 6.24. The van der Waals surface area contributed by atoms with Gasteiger partial charge in [-0.2, -0.15) is 0 Å². The zero-order chi connectivity index (χ0) is 16.4. The lowest BCUT2D eigenvalue weighted by Gasteiger charge is -2.46. The minimum Gasteiger partial charge on any atom is -0.313 e. The highest BCUT2D eigenvalue weighted by molar-refractivity contribution is 6.03. The number of rotatable bonds is 4. The van der Waals surface area contributed by atoms with Gasteiger partial charge in [0.15, 0.2) is 5.78 Å². The Morgan fingerprint density at radius 2 is 1.83 bits per heavy atom. The van der Waals surface area contributed by atoms with Gasteiger partial charge >= 0.3 is 6.03 Å². The fourth-order valence-electron chi connectivity index (χ4n) is 3.71. The number of carbonyl (C=O) groups excluding carboxylic acids is 3. The van der Waals surface area contributed by atoms with Gasteiger partial charge in [-0.05, 0) is 19.8 Å². The highest BCUT2D eigenvalue weighted by Crippen LogP contribution is 2.34. The van der Waals surface area contributed by atoms with Gasteiger partial charge in [-0.3, -0.25) is 14.5 Å². The Bertz CT molecular complexity index is 614. The molecule has 122 valence electrons. The number of imide groups is 1. The second-order valence-electron chi connectivity index (χ2n) is 6.24. The van der Waals surface area contributed by atoms with Crippen molar-refractivity contribution in [3.8, 4) is 0 Å². The third-order valence-electron chi connectivity index (χ3n) is 4.92. The predicted molar refractivity (Wildman–Crippen MR) is 86.0 cm³/mol. The number of benzene rings is 1. The Balaban J connectivity index is 1.84. The van der Waals surface area contributed by atoms with Crippen LogP contribution in [0.4, 0.5) is 4.79 Å². The molecule has 1 saturated carbocycles. The number of fused-ring (bicyclic) bond motifs is 1. The molecule has 1 heterocycles. The van der Waals surface area contributed by atoms with E-state index in [4.69, 9.17) is 0 Å². The van der Waals surface area contributed by atoms with Gasteiger partial charge in [-0.15, -0.1) is 0 Å². The Morgan fingerprint density at radius 1 is 1.13 bits per heavy atom. The number of hydrogen-bond donors (Lipinski definition) is 0. The summed E-state index contributed by atoms with van der Waals surface area (Å²) >= 11 is 0. The number of urea groups is 1. The minimum atomic E-state index is -0.315. The van der Waals surface area contributed by atoms with Crippen LogP contribution in [0.25, 0.3) is 0 Å². The molecule has 2 aliphatic rings. The molecular formula is C18H22N2O3. The molecule has 1 aliphatic carbocycles. The largest absolute Gasteiger partial charge is 0.327 e. The molecule has 0 spiro atoms. The van der Waals surface area contributed by atoms with Crippen LogP contribution in [0.1, 0.15) is 43.0 Å². The lowest BCUT2D eigenvalue weighted by molar-refractivity contribution is -0.140. The van der Waals surface area contributed by atoms with Crippen LogP contribution in [0, 0.1) is 5.92 Å². The summed E-state index contributed by atoms with van der Waals surface area (Å²) in [4.78, 5) is 40.6. The van der Waals surface area contributed by atoms with E-state index in [1.165, 1.54) is 4.90 Å². The number of nitrogens with zero attached hydrogens (tertiary/aromatic N) is 2. The van der Waals surface area contributed by atoms with E-state index in [9.17, 15) is 14.4 Å². The summed E-state index contributed by atoms with van der Waals surface area (Å²) in [5.41, 5.74) is 0.604. The van der Waals surface area contributed by atoms with E-state index >= 15 is 0 Å². The van der Waals surface area contributed by atoms with E-state index in [0.29, 0.717) is 12.1 Å². The quantitative estimate of drug-likeness (QED) is 0.803. The third kappa shape index (κ3) is 2.87. The highest BCUT2D eigenvalue weighted by Gasteiger charge is 2.46. The number of Topliss-reactive ketones (excluding diaryl/α,β-unsaturated/α-hetero) is 1. The summed E-state index contributed by atoms with van der Waals surface area (Å²) in [6.45, 7) is 2.21. The summed E-state index contributed by atoms with van der Waals surface area (Å²) in [5.74, 6) is -0.288. The van der Waals surface area contributed by atoms with Crippen molar-refractivity contribution in [1.29, 1.82) is 0 Å². The summed E-state index contributed by atoms with van der Waals surface area (Å²) in [6, 6.07) is 8.57. The van der Waals surface area contributed by atoms with Crippen LogP contribution in [0.2, 0.25) is 0 Å². The molecule has 1 aromatic carbocycles. The van der Waals surface area contributed by atoms with Crippen molar-refractivity contribution < 1.29 is 14.4 Å². The Morgan fingerprint density at radius 3 is 2.52 bits per heavy atom. The fraction of sp³-hybridized carbons (Fsp3) is 0.500. The van der Waals surface area contributed by atoms with Gasteiger partial charge in [0, 0.05) is 18.2 Å². The Hall–Kier alpha value is -2.17. The number of ketones is 1. The Kier molecular flexibility index (Phi) is 4.46. The molecule has 3 amide bonds. The van der Waals surface area contributed by atoms with E-state index in [1.807, 2.05) is 18.2 Å². The minimum absolute atomic E-state index is 0.0494. The maximum Gasteiger partial charge on any atom is 0.327 e. The molecule has 0 radical (unpaired) electrons. The summed E-state index contributed by atoms with van der Waals surface area (Å²) < 4.78 is 0. The van der Waals surface area contributed by atoms with Crippen LogP contribution in [0.3, 0.4) is 0 Å². The molecule has 5 nitrogen and oxygen atoms in total. The van der Waals surface area contributed by atoms with E-state index in [2.05, 4.69) is 0 Å². The first-order valence-corrected chi connectivity index (χ1v) is 8.33. The first kappa shape index (κ1) is 15.7. The lowest BCUT2D eigenvalue weighted by atomic mass is 9.81. The van der Waals surface area contributed by atoms with Crippen LogP contribution < -0.4 is 0 Å². The fourth-order valence-corrected chi connectivity index (χ4v) is 3.71. The SMILES string of the molecule is CCN1C(=O)C2CCCCC2N(CC(=O)c2ccccc2)C1=O. The second kappa shape index (κ2) is 6.52. The Labute approximate surface area is 136 Å². The van der Waals surface area contributed by atoms with Crippen molar-refractivity contribution in [3.05, 3.63) is 35.9 Å². The molecule has 1 saturated heterocycles. The van der Waals surface area contributed by atoms with Crippen molar-refractivity contribution in [2.45, 2.75) is 38.6 Å². The van der Waals surface area contributed by atoms with Gasteiger partial charge in [-0.1, -0.05) is 43.2 Å². The van der Waals surface area contributed by atoms with Crippen LogP contribution in [-0.4, -0.2) is 46.7 Å². The van der Waals surface area contributed by atoms with Crippen molar-refractivity contribution in [2.24, 2.45) is 5.92 Å². The molecule has 1 aliphatic heterocycles. The average molecular weight is 314 g/mol. The van der Waals surface area contributed by atoms with Crippen LogP contribution in [0.5, 0.6) is 0 Å². The van der Waals surface area contributed by atoms with Gasteiger partial charge in [-0.25, -0.2) is 4.79 Å². The van der Waals surface area contributed by atoms with Crippen molar-refractivity contribution >= 4 is 17.7 Å². The molecule has 23 heavy (non-hydrogen) atoms. The zero-order valence-corrected chi connectivity index (χ0v) is 13.4. The molecule has 0 aromatic heterocycles. The van der Waals surface area contributed by atoms with E-state index in [-0.39, 0.29) is 36.2 Å². The van der Waals surface area contributed by atoms with Gasteiger partial charge in [0.05, 0.1) is 12.5 Å². The van der Waals surface area contributed by atoms with Crippen molar-refractivity contribution in [1.82, 2.24) is 9.80 Å². The normalized spacial score (nSPS) is 24.6. The maximum atomic E-state index is 12.7. The van der Waals surface area contributed by atoms with Gasteiger partial charge < -0.3 is 4.90 Å². The monoisotopic (exact) mass is 314 g/mol. The van der Waals surface area contributed by atoms with Crippen LogP contribution in [0.15, 0.2) is 30.3 Å². The standard InChI is InChI=1S/C18H22N2O3/c1-2-19-17(22)14-10-6-7-11-15(14)20(18(19)23)12-16(21)13-8-4-3-5-9-13/h3-5,8-9,14-15H,2,6-7,10-12H2,1H3. The van der Waals surface area contributed by atoms with Crippen LogP contribution >= 0.6 is 0 Å². The molecule has 3 rings (SSSR count). The number of amides is 3. The lowest BCUT2D eigenvalue weighted by Crippen LogP contribution is -2.63. The molecule has 0 bridgehead atoms. The average Bonchev–Trinajstić information content (AvgIpc) is 2.59. The maximum absolute atomic E-state index is 12.7. The van der Waals surface area contributed by atoms with Crippen molar-refractivity contribution in [2.75, 3.05) is 13.1 Å². The smallest absolute Gasteiger partial charge is 0.313 e. The van der Waals surface area contributed by atoms with E-state index in [1.54, 1.807) is 24.0 Å². The molecule has 5 heteroatoms. The predicted octanol–water partition coefficient (Wildman–Crippen LogP) is 2.71. The molecular weight excluding hydrogens is 292 g/mol. The topological polar surface area (TPSA) is 57.7 Å². The van der Waals surface area contributed by atoms with E-state index < -0.39 is 0 Å². The first-order valence-electron chi connectivity index (χ1n) is 8.33. The summed E-state index contributed by atoms with van der Waals surface area (Å²) in [7, 11) is 0. The summed E-state index contributed by atoms with van der Waals surface area (Å²) in [5, 5.41) is 0. The molecule has 1 aromatic rings. The molecule has 0 N–H and O–H groups in total. The van der Waals surface area contributed by atoms with Gasteiger partial charge in [0.2, 0.25) is 5.91 Å². The van der Waals surface area contributed by atoms with Crippen LogP contribution in [-0.2, 0) is 4.79 Å². The van der Waals surface area contributed by atoms with Crippen molar-refractivity contribution in [3.63, 3.8) is 0 Å². The van der Waals surface area contributed by atoms with Gasteiger partial charge in [0.1, 0.15) is 0 Å².